The zero-order chi connectivity index (χ0) is 20.1. The van der Waals surface area contributed by atoms with Gasteiger partial charge in [-0.25, -0.2) is 0 Å². The molecule has 1 amide bonds. The van der Waals surface area contributed by atoms with Crippen molar-refractivity contribution in [1.82, 2.24) is 4.90 Å². The maximum atomic E-state index is 13.0. The highest BCUT2D eigenvalue weighted by Crippen LogP contribution is 2.42. The van der Waals surface area contributed by atoms with E-state index >= 15 is 0 Å². The third-order valence-electron chi connectivity index (χ3n) is 6.25. The topological polar surface area (TPSA) is 49.9 Å². The van der Waals surface area contributed by atoms with Crippen LogP contribution in [0.25, 0.3) is 0 Å². The largest absolute Gasteiger partial charge is 0.455 e. The maximum absolute atomic E-state index is 13.0. The minimum absolute atomic E-state index is 0.104. The third-order valence-corrected chi connectivity index (χ3v) is 6.25. The smallest absolute Gasteiger partial charge is 0.317 e. The molecule has 1 saturated heterocycles. The van der Waals surface area contributed by atoms with Gasteiger partial charge in [-0.3, -0.25) is 9.59 Å². The molecule has 5 nitrogen and oxygen atoms in total. The molecule has 152 valence electrons. The van der Waals surface area contributed by atoms with E-state index in [0.717, 1.165) is 44.3 Å². The lowest BCUT2D eigenvalue weighted by Gasteiger charge is -2.36. The SMILES string of the molecule is O=C(COC(=O)C1(c2ccccc2)CCCC1)N1CCN(c2ccccc2)CC1. The van der Waals surface area contributed by atoms with E-state index in [1.54, 1.807) is 4.90 Å². The summed E-state index contributed by atoms with van der Waals surface area (Å²) in [6.07, 6.45) is 3.61. The summed E-state index contributed by atoms with van der Waals surface area (Å²) < 4.78 is 5.57. The molecule has 2 aromatic carbocycles. The molecular weight excluding hydrogens is 364 g/mol. The highest BCUT2D eigenvalue weighted by Gasteiger charge is 2.44. The van der Waals surface area contributed by atoms with Gasteiger partial charge in [0.25, 0.3) is 5.91 Å². The highest BCUT2D eigenvalue weighted by molar-refractivity contribution is 5.86. The Balaban J connectivity index is 1.32. The van der Waals surface area contributed by atoms with Gasteiger partial charge in [0.15, 0.2) is 6.61 Å². The van der Waals surface area contributed by atoms with Crippen LogP contribution in [0.3, 0.4) is 0 Å². The fourth-order valence-electron chi connectivity index (χ4n) is 4.56. The van der Waals surface area contributed by atoms with Crippen LogP contribution in [0.2, 0.25) is 0 Å². The molecular formula is C24H28N2O3. The van der Waals surface area contributed by atoms with Gasteiger partial charge in [0.2, 0.25) is 0 Å². The minimum Gasteiger partial charge on any atom is -0.455 e. The molecule has 0 bridgehead atoms. The maximum Gasteiger partial charge on any atom is 0.317 e. The number of esters is 1. The van der Waals surface area contributed by atoms with Gasteiger partial charge < -0.3 is 14.5 Å². The molecule has 0 radical (unpaired) electrons. The van der Waals surface area contributed by atoms with Crippen molar-refractivity contribution in [3.8, 4) is 0 Å². The number of carbonyl (C=O) groups is 2. The molecule has 2 fully saturated rings. The Bertz CT molecular complexity index is 824. The highest BCUT2D eigenvalue weighted by atomic mass is 16.5. The predicted octanol–water partition coefficient (Wildman–Crippen LogP) is 3.39. The van der Waals surface area contributed by atoms with Crippen LogP contribution in [-0.4, -0.2) is 49.6 Å². The molecule has 2 aromatic rings. The van der Waals surface area contributed by atoms with E-state index < -0.39 is 5.41 Å². The number of rotatable bonds is 5. The van der Waals surface area contributed by atoms with Gasteiger partial charge in [0.05, 0.1) is 5.41 Å². The monoisotopic (exact) mass is 392 g/mol. The summed E-state index contributed by atoms with van der Waals surface area (Å²) in [6, 6.07) is 20.1. The number of hydrogen-bond acceptors (Lipinski definition) is 4. The predicted molar refractivity (Wildman–Crippen MR) is 113 cm³/mol. The molecule has 0 unspecified atom stereocenters. The second kappa shape index (κ2) is 8.68. The average Bonchev–Trinajstić information content (AvgIpc) is 3.30. The van der Waals surface area contributed by atoms with E-state index in [9.17, 15) is 9.59 Å². The Morgan fingerprint density at radius 2 is 1.41 bits per heavy atom. The first kappa shape index (κ1) is 19.5. The van der Waals surface area contributed by atoms with Crippen molar-refractivity contribution in [2.75, 3.05) is 37.7 Å². The summed E-state index contributed by atoms with van der Waals surface area (Å²) in [7, 11) is 0. The molecule has 0 aromatic heterocycles. The molecule has 1 aliphatic heterocycles. The van der Waals surface area contributed by atoms with Gasteiger partial charge in [-0.15, -0.1) is 0 Å². The normalized spacial score (nSPS) is 18.5. The number of hydrogen-bond donors (Lipinski definition) is 0. The number of carbonyl (C=O) groups excluding carboxylic acids is 2. The molecule has 0 atom stereocenters. The standard InChI is InChI=1S/C24H28N2O3/c27-22(26-17-15-25(16-18-26)21-11-5-2-6-12-21)19-29-23(28)24(13-7-8-14-24)20-9-3-1-4-10-20/h1-6,9-12H,7-8,13-19H2. The molecule has 29 heavy (non-hydrogen) atoms. The van der Waals surface area contributed by atoms with E-state index in [4.69, 9.17) is 4.74 Å². The Kier molecular flexibility index (Phi) is 5.84. The fraction of sp³-hybridized carbons (Fsp3) is 0.417. The number of para-hydroxylation sites is 1. The number of nitrogens with zero attached hydrogens (tertiary/aromatic N) is 2. The quantitative estimate of drug-likeness (QED) is 0.732. The van der Waals surface area contributed by atoms with Crippen LogP contribution in [0.5, 0.6) is 0 Å². The Morgan fingerprint density at radius 3 is 2.03 bits per heavy atom. The van der Waals surface area contributed by atoms with Gasteiger partial charge in [-0.2, -0.15) is 0 Å². The third kappa shape index (κ3) is 4.14. The lowest BCUT2D eigenvalue weighted by molar-refractivity contribution is -0.157. The van der Waals surface area contributed by atoms with Crippen molar-refractivity contribution < 1.29 is 14.3 Å². The van der Waals surface area contributed by atoms with Crippen LogP contribution in [0.4, 0.5) is 5.69 Å². The van der Waals surface area contributed by atoms with Gasteiger partial charge in [-0.1, -0.05) is 61.4 Å². The molecule has 4 rings (SSSR count). The van der Waals surface area contributed by atoms with E-state index in [2.05, 4.69) is 17.0 Å². The first-order chi connectivity index (χ1) is 14.2. The number of amides is 1. The van der Waals surface area contributed by atoms with Crippen molar-refractivity contribution in [1.29, 1.82) is 0 Å². The lowest BCUT2D eigenvalue weighted by atomic mass is 9.79. The van der Waals surface area contributed by atoms with Crippen molar-refractivity contribution in [2.45, 2.75) is 31.1 Å². The van der Waals surface area contributed by atoms with Crippen LogP contribution in [0.15, 0.2) is 60.7 Å². The van der Waals surface area contributed by atoms with Crippen molar-refractivity contribution in [2.24, 2.45) is 0 Å². The Morgan fingerprint density at radius 1 is 0.828 bits per heavy atom. The molecule has 5 heteroatoms. The number of anilines is 1. The minimum atomic E-state index is -0.590. The van der Waals surface area contributed by atoms with Crippen LogP contribution in [0.1, 0.15) is 31.2 Å². The van der Waals surface area contributed by atoms with Crippen molar-refractivity contribution in [3.05, 3.63) is 66.2 Å². The van der Waals surface area contributed by atoms with E-state index in [-0.39, 0.29) is 18.5 Å². The van der Waals surface area contributed by atoms with Gasteiger partial charge in [-0.05, 0) is 30.5 Å². The second-order valence-electron chi connectivity index (χ2n) is 7.93. The zero-order valence-corrected chi connectivity index (χ0v) is 16.8. The summed E-state index contributed by atoms with van der Waals surface area (Å²) in [4.78, 5) is 29.7. The summed E-state index contributed by atoms with van der Waals surface area (Å²) in [6.45, 7) is 2.71. The first-order valence-electron chi connectivity index (χ1n) is 10.5. The van der Waals surface area contributed by atoms with E-state index in [1.807, 2.05) is 48.5 Å². The fourth-order valence-corrected chi connectivity index (χ4v) is 4.56. The summed E-state index contributed by atoms with van der Waals surface area (Å²) in [5.74, 6) is -0.357. The van der Waals surface area contributed by atoms with Gasteiger partial charge in [0, 0.05) is 31.9 Å². The van der Waals surface area contributed by atoms with Gasteiger partial charge in [0.1, 0.15) is 0 Å². The molecule has 1 heterocycles. The van der Waals surface area contributed by atoms with Crippen LogP contribution in [0, 0.1) is 0 Å². The Labute approximate surface area is 172 Å². The first-order valence-corrected chi connectivity index (χ1v) is 10.5. The van der Waals surface area contributed by atoms with E-state index in [0.29, 0.717) is 13.1 Å². The van der Waals surface area contributed by atoms with E-state index in [1.165, 1.54) is 5.69 Å². The molecule has 0 spiro atoms. The summed E-state index contributed by atoms with van der Waals surface area (Å²) in [5, 5.41) is 0. The number of piperazine rings is 1. The molecule has 2 aliphatic rings. The molecule has 0 N–H and O–H groups in total. The van der Waals surface area contributed by atoms with Crippen LogP contribution < -0.4 is 4.90 Å². The van der Waals surface area contributed by atoms with Crippen LogP contribution in [-0.2, 0) is 19.7 Å². The van der Waals surface area contributed by atoms with Crippen molar-refractivity contribution >= 4 is 17.6 Å². The van der Waals surface area contributed by atoms with Crippen LogP contribution >= 0.6 is 0 Å². The summed E-state index contributed by atoms with van der Waals surface area (Å²) in [5.41, 5.74) is 1.59. The second-order valence-corrected chi connectivity index (χ2v) is 7.93. The lowest BCUT2D eigenvalue weighted by Crippen LogP contribution is -2.50. The zero-order valence-electron chi connectivity index (χ0n) is 16.8. The average molecular weight is 392 g/mol. The molecule has 1 aliphatic carbocycles. The number of ether oxygens (including phenoxy) is 1. The Hall–Kier alpha value is -2.82. The summed E-state index contributed by atoms with van der Waals surface area (Å²) >= 11 is 0. The molecule has 1 saturated carbocycles. The van der Waals surface area contributed by atoms with Crippen molar-refractivity contribution in [3.63, 3.8) is 0 Å². The number of benzene rings is 2. The van der Waals surface area contributed by atoms with Gasteiger partial charge >= 0.3 is 5.97 Å².